The van der Waals surface area contributed by atoms with Crippen LogP contribution in [0.3, 0.4) is 0 Å². The van der Waals surface area contributed by atoms with Gasteiger partial charge in [0.25, 0.3) is 0 Å². The highest BCUT2D eigenvalue weighted by atomic mass is 14.2. The average molecular weight is 330 g/mol. The molecule has 4 aromatic carbocycles. The molecular formula is C26H18. The molecule has 0 saturated heterocycles. The molecule has 0 fully saturated rings. The molecule has 2 aliphatic rings. The minimum atomic E-state index is 1.03. The molecule has 0 N–H and O–H groups in total. The molecule has 0 amide bonds. The summed E-state index contributed by atoms with van der Waals surface area (Å²) in [5.41, 5.74) is 8.31. The van der Waals surface area contributed by atoms with Crippen molar-refractivity contribution in [2.45, 2.75) is 12.8 Å². The third-order valence-electron chi connectivity index (χ3n) is 5.88. The number of hydrogen-bond donors (Lipinski definition) is 0. The van der Waals surface area contributed by atoms with Gasteiger partial charge in [0, 0.05) is 0 Å². The highest BCUT2D eigenvalue weighted by Gasteiger charge is 2.18. The third kappa shape index (κ3) is 1.84. The molecule has 6 rings (SSSR count). The minimum Gasteiger partial charge on any atom is -0.0795 e. The van der Waals surface area contributed by atoms with Gasteiger partial charge in [-0.1, -0.05) is 85.0 Å². The van der Waals surface area contributed by atoms with E-state index in [9.17, 15) is 0 Å². The van der Waals surface area contributed by atoms with E-state index in [0.717, 1.165) is 12.8 Å². The van der Waals surface area contributed by atoms with E-state index in [4.69, 9.17) is 0 Å². The number of benzene rings is 4. The van der Waals surface area contributed by atoms with Crippen molar-refractivity contribution in [2.24, 2.45) is 0 Å². The summed E-state index contributed by atoms with van der Waals surface area (Å²) in [6.45, 7) is 0. The molecule has 0 heteroatoms. The lowest BCUT2D eigenvalue weighted by Crippen LogP contribution is -1.99. The fourth-order valence-corrected chi connectivity index (χ4v) is 4.73. The summed E-state index contributed by atoms with van der Waals surface area (Å²) in [5.74, 6) is 0. The van der Waals surface area contributed by atoms with E-state index in [0.29, 0.717) is 0 Å². The fraction of sp³-hybridized carbons (Fsp3) is 0.0769. The van der Waals surface area contributed by atoms with Crippen molar-refractivity contribution in [1.29, 1.82) is 0 Å². The van der Waals surface area contributed by atoms with E-state index in [-0.39, 0.29) is 0 Å². The number of allylic oxidation sites excluding steroid dienone is 2. The van der Waals surface area contributed by atoms with Gasteiger partial charge in [0.1, 0.15) is 0 Å². The van der Waals surface area contributed by atoms with Crippen LogP contribution in [0.2, 0.25) is 0 Å². The first-order valence-electron chi connectivity index (χ1n) is 9.33. The van der Waals surface area contributed by atoms with Crippen molar-refractivity contribution in [2.75, 3.05) is 0 Å². The van der Waals surface area contributed by atoms with Crippen LogP contribution in [-0.4, -0.2) is 0 Å². The highest BCUT2D eigenvalue weighted by Crippen LogP contribution is 2.41. The average Bonchev–Trinajstić information content (AvgIpc) is 2.70. The summed E-state index contributed by atoms with van der Waals surface area (Å²) in [6, 6.07) is 22.5. The Kier molecular flexibility index (Phi) is 2.81. The Morgan fingerprint density at radius 2 is 1.00 bits per heavy atom. The van der Waals surface area contributed by atoms with Crippen molar-refractivity contribution in [1.82, 2.24) is 0 Å². The zero-order valence-electron chi connectivity index (χ0n) is 14.5. The van der Waals surface area contributed by atoms with Crippen LogP contribution >= 0.6 is 0 Å². The van der Waals surface area contributed by atoms with Crippen LogP contribution in [0.15, 0.2) is 72.8 Å². The topological polar surface area (TPSA) is 0 Å². The van der Waals surface area contributed by atoms with E-state index in [2.05, 4.69) is 85.0 Å². The maximum atomic E-state index is 2.32. The van der Waals surface area contributed by atoms with E-state index in [1.54, 1.807) is 0 Å². The van der Waals surface area contributed by atoms with E-state index in [1.807, 2.05) is 0 Å². The van der Waals surface area contributed by atoms with Crippen LogP contribution in [0.1, 0.15) is 22.3 Å². The summed E-state index contributed by atoms with van der Waals surface area (Å²) in [6.07, 6.45) is 11.3. The SMILES string of the molecule is C1=Cc2c(-c3ccc4cccc5c4c3C=CC5)ccc3cccc(c23)C1. The van der Waals surface area contributed by atoms with Crippen molar-refractivity contribution in [3.8, 4) is 11.1 Å². The Hall–Kier alpha value is -3.12. The highest BCUT2D eigenvalue weighted by molar-refractivity contribution is 6.05. The second-order valence-corrected chi connectivity index (χ2v) is 7.30. The lowest BCUT2D eigenvalue weighted by molar-refractivity contribution is 1.29. The molecule has 0 saturated carbocycles. The van der Waals surface area contributed by atoms with Gasteiger partial charge in [0.15, 0.2) is 0 Å². The first-order valence-corrected chi connectivity index (χ1v) is 9.33. The number of hydrogen-bond acceptors (Lipinski definition) is 0. The molecule has 26 heavy (non-hydrogen) atoms. The summed E-state index contributed by atoms with van der Waals surface area (Å²) >= 11 is 0. The van der Waals surface area contributed by atoms with Gasteiger partial charge in [0.2, 0.25) is 0 Å². The Bertz CT molecular complexity index is 1170. The summed E-state index contributed by atoms with van der Waals surface area (Å²) in [5, 5.41) is 5.54. The van der Waals surface area contributed by atoms with Gasteiger partial charge in [-0.2, -0.15) is 0 Å². The van der Waals surface area contributed by atoms with Gasteiger partial charge in [-0.15, -0.1) is 0 Å². The van der Waals surface area contributed by atoms with Gasteiger partial charge in [0.05, 0.1) is 0 Å². The molecule has 0 aromatic heterocycles. The zero-order chi connectivity index (χ0) is 17.1. The van der Waals surface area contributed by atoms with Gasteiger partial charge in [-0.3, -0.25) is 0 Å². The lowest BCUT2D eigenvalue weighted by atomic mass is 9.83. The predicted molar refractivity (Wildman–Crippen MR) is 112 cm³/mol. The molecule has 0 heterocycles. The maximum Gasteiger partial charge on any atom is -0.00700 e. The van der Waals surface area contributed by atoms with Crippen LogP contribution in [0, 0.1) is 0 Å². The Morgan fingerprint density at radius 1 is 0.500 bits per heavy atom. The second-order valence-electron chi connectivity index (χ2n) is 7.30. The smallest absolute Gasteiger partial charge is 0.00700 e. The molecule has 0 bridgehead atoms. The van der Waals surface area contributed by atoms with Crippen LogP contribution in [0.4, 0.5) is 0 Å². The van der Waals surface area contributed by atoms with Gasteiger partial charge in [-0.25, -0.2) is 0 Å². The van der Waals surface area contributed by atoms with Gasteiger partial charge < -0.3 is 0 Å². The first kappa shape index (κ1) is 14.1. The molecule has 0 unspecified atom stereocenters. The Labute approximate surface area is 153 Å². The van der Waals surface area contributed by atoms with Crippen LogP contribution < -0.4 is 0 Å². The van der Waals surface area contributed by atoms with E-state index < -0.39 is 0 Å². The molecule has 2 aliphatic carbocycles. The molecular weight excluding hydrogens is 312 g/mol. The minimum absolute atomic E-state index is 1.03. The fourth-order valence-electron chi connectivity index (χ4n) is 4.73. The van der Waals surface area contributed by atoms with Crippen LogP contribution in [0.5, 0.6) is 0 Å². The molecule has 0 spiro atoms. The summed E-state index contributed by atoms with van der Waals surface area (Å²) in [7, 11) is 0. The standard InChI is InChI=1S/C26H18/c1-5-17-9-3-11-23-21(15-13-19(7-1)25(17)23)22-16-14-20-8-2-6-18-10-4-12-24(22)26(18)20/h1-8,11-16H,9-10H2. The van der Waals surface area contributed by atoms with Crippen LogP contribution in [-0.2, 0) is 12.8 Å². The second kappa shape index (κ2) is 5.19. The van der Waals surface area contributed by atoms with E-state index in [1.165, 1.54) is 54.9 Å². The maximum absolute atomic E-state index is 2.32. The van der Waals surface area contributed by atoms with Crippen molar-refractivity contribution in [3.05, 3.63) is 95.1 Å². The van der Waals surface area contributed by atoms with Crippen LogP contribution in [0.25, 0.3) is 44.8 Å². The number of rotatable bonds is 1. The zero-order valence-corrected chi connectivity index (χ0v) is 14.5. The Morgan fingerprint density at radius 3 is 1.50 bits per heavy atom. The molecule has 0 atom stereocenters. The monoisotopic (exact) mass is 330 g/mol. The molecule has 0 aliphatic heterocycles. The Balaban J connectivity index is 1.74. The quantitative estimate of drug-likeness (QED) is 0.360. The molecule has 0 nitrogen and oxygen atoms in total. The van der Waals surface area contributed by atoms with Crippen molar-refractivity contribution >= 4 is 33.7 Å². The van der Waals surface area contributed by atoms with Gasteiger partial charge >= 0.3 is 0 Å². The van der Waals surface area contributed by atoms with Crippen molar-refractivity contribution in [3.63, 3.8) is 0 Å². The third-order valence-corrected chi connectivity index (χ3v) is 5.88. The van der Waals surface area contributed by atoms with Crippen molar-refractivity contribution < 1.29 is 0 Å². The molecule has 0 radical (unpaired) electrons. The van der Waals surface area contributed by atoms with E-state index >= 15 is 0 Å². The summed E-state index contributed by atoms with van der Waals surface area (Å²) in [4.78, 5) is 0. The molecule has 122 valence electrons. The van der Waals surface area contributed by atoms with Gasteiger partial charge in [-0.05, 0) is 67.8 Å². The largest absolute Gasteiger partial charge is 0.0795 e. The lowest BCUT2D eigenvalue weighted by Gasteiger charge is -2.21. The molecule has 4 aromatic rings. The predicted octanol–water partition coefficient (Wildman–Crippen LogP) is 6.80. The first-order chi connectivity index (χ1) is 12.9. The normalized spacial score (nSPS) is 14.3. The summed E-state index contributed by atoms with van der Waals surface area (Å²) < 4.78 is 0.